The maximum absolute atomic E-state index is 13.7. The van der Waals surface area contributed by atoms with Crippen molar-refractivity contribution in [3.8, 4) is 17.1 Å². The predicted octanol–water partition coefficient (Wildman–Crippen LogP) is 4.26. The van der Waals surface area contributed by atoms with Crippen molar-refractivity contribution in [3.05, 3.63) is 71.7 Å². The van der Waals surface area contributed by atoms with Crippen molar-refractivity contribution >= 4 is 23.0 Å². The molecule has 1 unspecified atom stereocenters. The molecule has 10 nitrogen and oxygen atoms in total. The summed E-state index contributed by atoms with van der Waals surface area (Å²) in [6.45, 7) is 0.345. The molecule has 13 heteroatoms. The Hall–Kier alpha value is -4.68. The Balaban J connectivity index is 1.35. The SMILES string of the molecule is COc1ncc(-c2cc(C(F)(F)F)c3c(N)ncnn23)cc1C(=O)NC1CCC(=NOCc2ccccc2)C1. The molecule has 0 spiro atoms. The number of benzene rings is 1. The van der Waals surface area contributed by atoms with Crippen molar-refractivity contribution in [2.75, 3.05) is 12.8 Å². The zero-order valence-electron chi connectivity index (χ0n) is 20.8. The molecule has 1 atom stereocenters. The van der Waals surface area contributed by atoms with Crippen LogP contribution in [0.15, 0.2) is 60.1 Å². The van der Waals surface area contributed by atoms with Crippen molar-refractivity contribution in [1.82, 2.24) is 24.9 Å². The number of nitrogen functional groups attached to an aromatic ring is 1. The number of hydrogen-bond acceptors (Lipinski definition) is 8. The molecule has 3 N–H and O–H groups in total. The van der Waals surface area contributed by atoms with Crippen LogP contribution in [0, 0.1) is 0 Å². The van der Waals surface area contributed by atoms with Crippen LogP contribution in [0.25, 0.3) is 16.8 Å². The van der Waals surface area contributed by atoms with E-state index in [9.17, 15) is 18.0 Å². The van der Waals surface area contributed by atoms with E-state index in [2.05, 4.69) is 25.5 Å². The minimum Gasteiger partial charge on any atom is -0.480 e. The average molecular weight is 540 g/mol. The van der Waals surface area contributed by atoms with E-state index in [1.54, 1.807) is 0 Å². The standard InChI is InChI=1S/C26H24F3N7O3/c1-38-25-19(24(37)34-17-7-8-18(10-17)35-39-13-15-5-3-2-4-6-15)9-16(12-31-25)21-11-20(26(27,28)29)22-23(30)32-14-33-36(21)22/h2-6,9,11-12,14,17H,7-8,10,13H2,1H3,(H,34,37)(H2,30,32,33). The minimum atomic E-state index is -4.70. The maximum Gasteiger partial charge on any atom is 0.418 e. The van der Waals surface area contributed by atoms with Gasteiger partial charge in [0, 0.05) is 24.2 Å². The first-order valence-electron chi connectivity index (χ1n) is 12.0. The van der Waals surface area contributed by atoms with E-state index in [-0.39, 0.29) is 40.1 Å². The summed E-state index contributed by atoms with van der Waals surface area (Å²) < 4.78 is 47.5. The molecule has 5 rings (SSSR count). The summed E-state index contributed by atoms with van der Waals surface area (Å²) in [6, 6.07) is 11.7. The Morgan fingerprint density at radius 2 is 2.03 bits per heavy atom. The number of methoxy groups -OCH3 is 1. The van der Waals surface area contributed by atoms with Gasteiger partial charge in [0.15, 0.2) is 5.82 Å². The number of rotatable bonds is 7. The molecule has 1 fully saturated rings. The van der Waals surface area contributed by atoms with Crippen molar-refractivity contribution in [1.29, 1.82) is 0 Å². The normalized spacial score (nSPS) is 16.5. The highest BCUT2D eigenvalue weighted by Crippen LogP contribution is 2.39. The van der Waals surface area contributed by atoms with E-state index < -0.39 is 17.6 Å². The van der Waals surface area contributed by atoms with Crippen molar-refractivity contribution in [2.45, 2.75) is 38.1 Å². The lowest BCUT2D eigenvalue weighted by atomic mass is 10.1. The number of halogens is 3. The van der Waals surface area contributed by atoms with Gasteiger partial charge >= 0.3 is 6.18 Å². The number of hydrogen-bond donors (Lipinski definition) is 2. The number of alkyl halides is 3. The third-order valence-electron chi connectivity index (χ3n) is 6.34. The first-order chi connectivity index (χ1) is 18.7. The molecule has 0 radical (unpaired) electrons. The van der Waals surface area contributed by atoms with E-state index in [0.29, 0.717) is 25.9 Å². The Morgan fingerprint density at radius 3 is 2.77 bits per heavy atom. The molecule has 0 aliphatic heterocycles. The summed E-state index contributed by atoms with van der Waals surface area (Å²) >= 11 is 0. The minimum absolute atomic E-state index is 0.0281. The molecule has 1 aliphatic carbocycles. The third kappa shape index (κ3) is 5.47. The van der Waals surface area contributed by atoms with Crippen LogP contribution in [-0.4, -0.2) is 44.4 Å². The molecule has 1 amide bonds. The van der Waals surface area contributed by atoms with Gasteiger partial charge in [-0.25, -0.2) is 14.5 Å². The molecule has 39 heavy (non-hydrogen) atoms. The summed E-state index contributed by atoms with van der Waals surface area (Å²) in [5.74, 6) is -0.779. The molecule has 1 aliphatic rings. The molecule has 202 valence electrons. The number of nitrogens with one attached hydrogen (secondary N) is 1. The zero-order chi connectivity index (χ0) is 27.6. The fraction of sp³-hybridized carbons (Fsp3) is 0.269. The number of ether oxygens (including phenoxy) is 1. The van der Waals surface area contributed by atoms with Crippen LogP contribution >= 0.6 is 0 Å². The highest BCUT2D eigenvalue weighted by atomic mass is 19.4. The van der Waals surface area contributed by atoms with Crippen LogP contribution in [0.1, 0.15) is 40.7 Å². The van der Waals surface area contributed by atoms with Gasteiger partial charge in [-0.05, 0) is 30.5 Å². The second kappa shape index (κ2) is 10.6. The second-order valence-electron chi connectivity index (χ2n) is 8.96. The van der Waals surface area contributed by atoms with Crippen LogP contribution < -0.4 is 15.8 Å². The topological polar surface area (TPSA) is 129 Å². The van der Waals surface area contributed by atoms with E-state index in [4.69, 9.17) is 15.3 Å². The largest absolute Gasteiger partial charge is 0.480 e. The summed E-state index contributed by atoms with van der Waals surface area (Å²) in [7, 11) is 1.35. The van der Waals surface area contributed by atoms with E-state index in [1.165, 1.54) is 19.4 Å². The van der Waals surface area contributed by atoms with Gasteiger partial charge in [-0.2, -0.15) is 18.3 Å². The lowest BCUT2D eigenvalue weighted by Crippen LogP contribution is -2.33. The van der Waals surface area contributed by atoms with Gasteiger partial charge in [0.05, 0.1) is 24.1 Å². The Labute approximate surface area is 220 Å². The van der Waals surface area contributed by atoms with E-state index in [1.807, 2.05) is 30.3 Å². The van der Waals surface area contributed by atoms with Crippen molar-refractivity contribution in [2.24, 2.45) is 5.16 Å². The molecule has 0 bridgehead atoms. The first-order valence-corrected chi connectivity index (χ1v) is 12.0. The second-order valence-corrected chi connectivity index (χ2v) is 8.96. The lowest BCUT2D eigenvalue weighted by Gasteiger charge is -2.14. The quantitative estimate of drug-likeness (QED) is 0.336. The number of aromatic nitrogens is 4. The number of carbonyl (C=O) groups excluding carboxylic acids is 1. The summed E-state index contributed by atoms with van der Waals surface area (Å²) in [5, 5.41) is 11.1. The van der Waals surface area contributed by atoms with Gasteiger partial charge in [0.1, 0.15) is 24.0 Å². The average Bonchev–Trinajstić information content (AvgIpc) is 3.54. The fourth-order valence-corrected chi connectivity index (χ4v) is 4.48. The monoisotopic (exact) mass is 539 g/mol. The Kier molecular flexibility index (Phi) is 7.05. The number of anilines is 1. The van der Waals surface area contributed by atoms with Crippen LogP contribution in [-0.2, 0) is 17.6 Å². The van der Waals surface area contributed by atoms with Gasteiger partial charge in [-0.1, -0.05) is 35.5 Å². The van der Waals surface area contributed by atoms with Crippen LogP contribution in [0.4, 0.5) is 19.0 Å². The smallest absolute Gasteiger partial charge is 0.418 e. The van der Waals surface area contributed by atoms with Crippen LogP contribution in [0.5, 0.6) is 5.88 Å². The van der Waals surface area contributed by atoms with Crippen LogP contribution in [0.3, 0.4) is 0 Å². The highest BCUT2D eigenvalue weighted by molar-refractivity contribution is 5.98. The van der Waals surface area contributed by atoms with Gasteiger partial charge in [0.2, 0.25) is 5.88 Å². The first kappa shape index (κ1) is 25.9. The molecule has 4 aromatic rings. The van der Waals surface area contributed by atoms with Gasteiger partial charge < -0.3 is 20.6 Å². The molecule has 3 aromatic heterocycles. The summed E-state index contributed by atoms with van der Waals surface area (Å²) in [5.41, 5.74) is 6.51. The number of oxime groups is 1. The van der Waals surface area contributed by atoms with E-state index >= 15 is 0 Å². The number of pyridine rings is 1. The highest BCUT2D eigenvalue weighted by Gasteiger charge is 2.37. The number of nitrogens with two attached hydrogens (primary N) is 1. The van der Waals surface area contributed by atoms with Gasteiger partial charge in [0.25, 0.3) is 5.91 Å². The Bertz CT molecular complexity index is 1540. The van der Waals surface area contributed by atoms with Gasteiger partial charge in [-0.3, -0.25) is 4.79 Å². The number of nitrogens with zero attached hydrogens (tertiary/aromatic N) is 5. The molecule has 3 heterocycles. The van der Waals surface area contributed by atoms with Crippen LogP contribution in [0.2, 0.25) is 0 Å². The number of amides is 1. The number of fused-ring (bicyclic) bond motifs is 1. The molecule has 1 aromatic carbocycles. The summed E-state index contributed by atoms with van der Waals surface area (Å²) in [4.78, 5) is 26.5. The Morgan fingerprint density at radius 1 is 1.23 bits per heavy atom. The number of carbonyl (C=O) groups is 1. The lowest BCUT2D eigenvalue weighted by molar-refractivity contribution is -0.136. The van der Waals surface area contributed by atoms with Crippen molar-refractivity contribution in [3.63, 3.8) is 0 Å². The van der Waals surface area contributed by atoms with Crippen molar-refractivity contribution < 1.29 is 27.5 Å². The fourth-order valence-electron chi connectivity index (χ4n) is 4.48. The maximum atomic E-state index is 13.7. The predicted molar refractivity (Wildman–Crippen MR) is 136 cm³/mol. The third-order valence-corrected chi connectivity index (χ3v) is 6.34. The molecular formula is C26H24F3N7O3. The molecule has 0 saturated heterocycles. The zero-order valence-corrected chi connectivity index (χ0v) is 20.8. The van der Waals surface area contributed by atoms with Gasteiger partial charge in [-0.15, -0.1) is 0 Å². The summed E-state index contributed by atoms with van der Waals surface area (Å²) in [6.07, 6.45) is -0.519. The molecular weight excluding hydrogens is 515 g/mol. The van der Waals surface area contributed by atoms with E-state index in [0.717, 1.165) is 28.2 Å². The molecule has 1 saturated carbocycles.